The number of hydrogen-bond donors (Lipinski definition) is 1. The number of carboxylic acids is 1. The Balaban J connectivity index is 2.00. The SMILES string of the molecule is COCC1(C(=O)O)CCCN(C(=O)COc2ccc(F)cc2F)C1. The first-order valence-corrected chi connectivity index (χ1v) is 7.46. The van der Waals surface area contributed by atoms with Crippen LogP contribution in [0.3, 0.4) is 0 Å². The Morgan fingerprint density at radius 2 is 2.12 bits per heavy atom. The lowest BCUT2D eigenvalue weighted by Crippen LogP contribution is -2.53. The molecule has 1 atom stereocenters. The van der Waals surface area contributed by atoms with E-state index in [9.17, 15) is 23.5 Å². The van der Waals surface area contributed by atoms with Gasteiger partial charge in [0, 0.05) is 26.3 Å². The number of carboxylic acid groups (broad SMARTS) is 1. The monoisotopic (exact) mass is 343 g/mol. The number of piperidine rings is 1. The van der Waals surface area contributed by atoms with E-state index in [4.69, 9.17) is 9.47 Å². The van der Waals surface area contributed by atoms with Crippen molar-refractivity contribution >= 4 is 11.9 Å². The highest BCUT2D eigenvalue weighted by atomic mass is 19.1. The van der Waals surface area contributed by atoms with Gasteiger partial charge < -0.3 is 19.5 Å². The number of benzene rings is 1. The smallest absolute Gasteiger partial charge is 0.313 e. The molecule has 1 fully saturated rings. The summed E-state index contributed by atoms with van der Waals surface area (Å²) in [5, 5.41) is 9.46. The third kappa shape index (κ3) is 4.00. The lowest BCUT2D eigenvalue weighted by molar-refractivity contribution is -0.159. The van der Waals surface area contributed by atoms with Crippen LogP contribution < -0.4 is 4.74 Å². The third-order valence-corrected chi connectivity index (χ3v) is 4.05. The zero-order valence-electron chi connectivity index (χ0n) is 13.3. The Hall–Kier alpha value is -2.22. The van der Waals surface area contributed by atoms with E-state index in [2.05, 4.69) is 0 Å². The summed E-state index contributed by atoms with van der Waals surface area (Å²) >= 11 is 0. The first-order valence-electron chi connectivity index (χ1n) is 7.46. The Morgan fingerprint density at radius 3 is 2.75 bits per heavy atom. The summed E-state index contributed by atoms with van der Waals surface area (Å²) in [4.78, 5) is 25.2. The van der Waals surface area contributed by atoms with Crippen molar-refractivity contribution in [3.8, 4) is 5.75 Å². The molecule has 1 aromatic carbocycles. The molecule has 2 rings (SSSR count). The van der Waals surface area contributed by atoms with Crippen molar-refractivity contribution in [1.29, 1.82) is 0 Å². The summed E-state index contributed by atoms with van der Waals surface area (Å²) in [5.41, 5.74) is -1.15. The summed E-state index contributed by atoms with van der Waals surface area (Å²) < 4.78 is 36.4. The van der Waals surface area contributed by atoms with E-state index in [1.807, 2.05) is 0 Å². The van der Waals surface area contributed by atoms with Crippen LogP contribution in [0.1, 0.15) is 12.8 Å². The van der Waals surface area contributed by atoms with Crippen molar-refractivity contribution in [2.45, 2.75) is 12.8 Å². The van der Waals surface area contributed by atoms with Crippen LogP contribution in [-0.4, -0.2) is 55.3 Å². The first kappa shape index (κ1) is 18.1. The number of nitrogens with zero attached hydrogens (tertiary/aromatic N) is 1. The molecule has 0 aromatic heterocycles. The van der Waals surface area contributed by atoms with Crippen LogP contribution >= 0.6 is 0 Å². The topological polar surface area (TPSA) is 76.1 Å². The number of halogens is 2. The van der Waals surface area contributed by atoms with Gasteiger partial charge in [0.15, 0.2) is 18.2 Å². The van der Waals surface area contributed by atoms with E-state index in [0.29, 0.717) is 25.5 Å². The van der Waals surface area contributed by atoms with Crippen LogP contribution in [0.25, 0.3) is 0 Å². The van der Waals surface area contributed by atoms with Crippen LogP contribution in [0.5, 0.6) is 5.75 Å². The van der Waals surface area contributed by atoms with Crippen molar-refractivity contribution < 1.29 is 33.0 Å². The van der Waals surface area contributed by atoms with E-state index in [1.165, 1.54) is 12.0 Å². The summed E-state index contributed by atoms with van der Waals surface area (Å²) in [6.45, 7) is -0.0537. The van der Waals surface area contributed by atoms with Gasteiger partial charge in [0.25, 0.3) is 5.91 Å². The molecule has 0 aliphatic carbocycles. The second-order valence-electron chi connectivity index (χ2n) is 5.80. The standard InChI is InChI=1S/C16H19F2NO5/c1-23-10-16(15(21)22)5-2-6-19(9-16)14(20)8-24-13-4-3-11(17)7-12(13)18/h3-4,7H,2,5-6,8-10H2,1H3,(H,21,22). The van der Waals surface area contributed by atoms with E-state index in [0.717, 1.165) is 12.1 Å². The van der Waals surface area contributed by atoms with Crippen molar-refractivity contribution in [2.75, 3.05) is 33.4 Å². The summed E-state index contributed by atoms with van der Waals surface area (Å²) in [7, 11) is 1.41. The van der Waals surface area contributed by atoms with Crippen LogP contribution in [0.2, 0.25) is 0 Å². The molecule has 1 aliphatic heterocycles. The van der Waals surface area contributed by atoms with Gasteiger partial charge in [-0.1, -0.05) is 0 Å². The molecule has 1 aliphatic rings. The average Bonchev–Trinajstić information content (AvgIpc) is 2.54. The van der Waals surface area contributed by atoms with Crippen LogP contribution in [0, 0.1) is 17.0 Å². The maximum Gasteiger partial charge on any atom is 0.313 e. The van der Waals surface area contributed by atoms with Gasteiger partial charge in [0.1, 0.15) is 11.2 Å². The number of ether oxygens (including phenoxy) is 2. The molecule has 1 saturated heterocycles. The van der Waals surface area contributed by atoms with E-state index >= 15 is 0 Å². The van der Waals surface area contributed by atoms with Crippen molar-refractivity contribution in [3.05, 3.63) is 29.8 Å². The minimum atomic E-state index is -1.15. The number of aliphatic carboxylic acids is 1. The maximum atomic E-state index is 13.5. The second kappa shape index (κ2) is 7.57. The number of amides is 1. The van der Waals surface area contributed by atoms with Crippen molar-refractivity contribution in [1.82, 2.24) is 4.90 Å². The minimum Gasteiger partial charge on any atom is -0.481 e. The number of hydrogen-bond acceptors (Lipinski definition) is 4. The first-order chi connectivity index (χ1) is 11.4. The molecule has 8 heteroatoms. The summed E-state index contributed by atoms with van der Waals surface area (Å²) in [5.74, 6) is -3.36. The molecule has 1 N–H and O–H groups in total. The fourth-order valence-electron chi connectivity index (χ4n) is 2.80. The average molecular weight is 343 g/mol. The summed E-state index contributed by atoms with van der Waals surface area (Å²) in [6.07, 6.45) is 0.930. The lowest BCUT2D eigenvalue weighted by Gasteiger charge is -2.39. The minimum absolute atomic E-state index is 0.000436. The Kier molecular flexibility index (Phi) is 5.71. The fourth-order valence-corrected chi connectivity index (χ4v) is 2.80. The van der Waals surface area contributed by atoms with Crippen LogP contribution in [0.15, 0.2) is 18.2 Å². The largest absolute Gasteiger partial charge is 0.481 e. The predicted molar refractivity (Wildman–Crippen MR) is 79.6 cm³/mol. The molecule has 0 saturated carbocycles. The van der Waals surface area contributed by atoms with Gasteiger partial charge in [-0.15, -0.1) is 0 Å². The number of methoxy groups -OCH3 is 1. The van der Waals surface area contributed by atoms with Gasteiger partial charge in [0.2, 0.25) is 0 Å². The molecule has 24 heavy (non-hydrogen) atoms. The molecular weight excluding hydrogens is 324 g/mol. The number of carbonyl (C=O) groups is 2. The highest BCUT2D eigenvalue weighted by Gasteiger charge is 2.43. The lowest BCUT2D eigenvalue weighted by atomic mass is 9.80. The molecule has 6 nitrogen and oxygen atoms in total. The quantitative estimate of drug-likeness (QED) is 0.851. The highest BCUT2D eigenvalue weighted by molar-refractivity contribution is 5.80. The molecular formula is C16H19F2NO5. The molecule has 0 radical (unpaired) electrons. The zero-order valence-corrected chi connectivity index (χ0v) is 13.3. The van der Waals surface area contributed by atoms with Gasteiger partial charge >= 0.3 is 5.97 Å². The Labute approximate surface area is 138 Å². The summed E-state index contributed by atoms with van der Waals surface area (Å²) in [6, 6.07) is 2.78. The zero-order chi connectivity index (χ0) is 17.7. The van der Waals surface area contributed by atoms with Crippen molar-refractivity contribution in [2.24, 2.45) is 5.41 Å². The predicted octanol–water partition coefficient (Wildman–Crippen LogP) is 1.68. The molecule has 1 aromatic rings. The van der Waals surface area contributed by atoms with Gasteiger partial charge in [-0.2, -0.15) is 0 Å². The Morgan fingerprint density at radius 1 is 1.38 bits per heavy atom. The second-order valence-corrected chi connectivity index (χ2v) is 5.80. The van der Waals surface area contributed by atoms with E-state index < -0.39 is 35.5 Å². The number of likely N-dealkylation sites (tertiary alicyclic amines) is 1. The van der Waals surface area contributed by atoms with Gasteiger partial charge in [0.05, 0.1) is 6.61 Å². The van der Waals surface area contributed by atoms with Crippen LogP contribution in [-0.2, 0) is 14.3 Å². The van der Waals surface area contributed by atoms with E-state index in [1.54, 1.807) is 0 Å². The molecule has 1 heterocycles. The number of rotatable bonds is 6. The van der Waals surface area contributed by atoms with Crippen molar-refractivity contribution in [3.63, 3.8) is 0 Å². The van der Waals surface area contributed by atoms with Crippen LogP contribution in [0.4, 0.5) is 8.78 Å². The molecule has 132 valence electrons. The molecule has 1 unspecified atom stereocenters. The Bertz CT molecular complexity index is 620. The van der Waals surface area contributed by atoms with Gasteiger partial charge in [-0.05, 0) is 25.0 Å². The highest BCUT2D eigenvalue weighted by Crippen LogP contribution is 2.31. The van der Waals surface area contributed by atoms with Gasteiger partial charge in [-0.25, -0.2) is 8.78 Å². The maximum absolute atomic E-state index is 13.5. The molecule has 0 bridgehead atoms. The third-order valence-electron chi connectivity index (χ3n) is 4.05. The molecule has 0 spiro atoms. The normalized spacial score (nSPS) is 20.7. The van der Waals surface area contributed by atoms with E-state index in [-0.39, 0.29) is 18.9 Å². The number of carbonyl (C=O) groups excluding carboxylic acids is 1. The molecule has 1 amide bonds. The van der Waals surface area contributed by atoms with Gasteiger partial charge in [-0.3, -0.25) is 9.59 Å². The fraction of sp³-hybridized carbons (Fsp3) is 0.500.